The number of hydrogen-bond acceptors (Lipinski definition) is 4. The molecule has 1 fully saturated rings. The predicted octanol–water partition coefficient (Wildman–Crippen LogP) is 0.527. The summed E-state index contributed by atoms with van der Waals surface area (Å²) in [7, 11) is 0. The molecule has 0 spiro atoms. The minimum atomic E-state index is 0.201. The van der Waals surface area contributed by atoms with Gasteiger partial charge in [-0.15, -0.1) is 0 Å². The zero-order valence-electron chi connectivity index (χ0n) is 8.57. The van der Waals surface area contributed by atoms with Gasteiger partial charge in [0.2, 0.25) is 0 Å². The highest BCUT2D eigenvalue weighted by Crippen LogP contribution is 2.18. The molecule has 2 rings (SSSR count). The summed E-state index contributed by atoms with van der Waals surface area (Å²) in [4.78, 5) is 15.4. The van der Waals surface area contributed by atoms with Gasteiger partial charge in [-0.1, -0.05) is 0 Å². The van der Waals surface area contributed by atoms with Crippen molar-refractivity contribution in [3.8, 4) is 0 Å². The smallest absolute Gasteiger partial charge is 0.150 e. The van der Waals surface area contributed by atoms with E-state index in [1.165, 1.54) is 12.8 Å². The number of aromatic nitrogens is 1. The van der Waals surface area contributed by atoms with Gasteiger partial charge in [0.05, 0.1) is 6.54 Å². The SMILES string of the molecule is Nc1cc(CC(=O)CNC2CC2)ccn1. The number of carbonyl (C=O) groups is 1. The number of hydrogen-bond donors (Lipinski definition) is 2. The lowest BCUT2D eigenvalue weighted by Crippen LogP contribution is -2.25. The molecule has 0 radical (unpaired) electrons. The molecule has 0 aromatic carbocycles. The van der Waals surface area contributed by atoms with Gasteiger partial charge in [0.15, 0.2) is 5.78 Å². The van der Waals surface area contributed by atoms with E-state index in [1.807, 2.05) is 6.07 Å². The molecule has 1 aromatic heterocycles. The van der Waals surface area contributed by atoms with Gasteiger partial charge in [0, 0.05) is 18.7 Å². The van der Waals surface area contributed by atoms with Crippen molar-refractivity contribution >= 4 is 11.6 Å². The molecule has 1 heterocycles. The molecule has 0 unspecified atom stereocenters. The zero-order valence-corrected chi connectivity index (χ0v) is 8.57. The first-order chi connectivity index (χ1) is 7.24. The number of ketones is 1. The van der Waals surface area contributed by atoms with E-state index in [-0.39, 0.29) is 5.78 Å². The number of anilines is 1. The lowest BCUT2D eigenvalue weighted by atomic mass is 10.1. The van der Waals surface area contributed by atoms with Crippen molar-refractivity contribution in [1.29, 1.82) is 0 Å². The Morgan fingerprint density at radius 3 is 3.07 bits per heavy atom. The summed E-state index contributed by atoms with van der Waals surface area (Å²) >= 11 is 0. The van der Waals surface area contributed by atoms with Crippen LogP contribution >= 0.6 is 0 Å². The Morgan fingerprint density at radius 2 is 2.40 bits per heavy atom. The predicted molar refractivity (Wildman–Crippen MR) is 58.4 cm³/mol. The third kappa shape index (κ3) is 3.32. The number of rotatable bonds is 5. The number of carbonyl (C=O) groups excluding carboxylic acids is 1. The van der Waals surface area contributed by atoms with Gasteiger partial charge < -0.3 is 11.1 Å². The molecule has 1 aromatic rings. The first kappa shape index (κ1) is 10.1. The third-order valence-corrected chi connectivity index (χ3v) is 2.41. The second-order valence-electron chi connectivity index (χ2n) is 3.96. The van der Waals surface area contributed by atoms with Gasteiger partial charge in [-0.2, -0.15) is 0 Å². The molecule has 1 aliphatic carbocycles. The van der Waals surface area contributed by atoms with Gasteiger partial charge in [-0.3, -0.25) is 4.79 Å². The van der Waals surface area contributed by atoms with E-state index < -0.39 is 0 Å². The fraction of sp³-hybridized carbons (Fsp3) is 0.455. The van der Waals surface area contributed by atoms with Crippen LogP contribution in [-0.4, -0.2) is 23.4 Å². The molecule has 1 aliphatic rings. The van der Waals surface area contributed by atoms with Crippen LogP contribution in [0.15, 0.2) is 18.3 Å². The quantitative estimate of drug-likeness (QED) is 0.735. The first-order valence-electron chi connectivity index (χ1n) is 5.19. The summed E-state index contributed by atoms with van der Waals surface area (Å²) in [6.45, 7) is 0.465. The molecular weight excluding hydrogens is 190 g/mol. The number of nitrogens with two attached hydrogens (primary N) is 1. The van der Waals surface area contributed by atoms with E-state index >= 15 is 0 Å². The molecule has 0 bridgehead atoms. The summed E-state index contributed by atoms with van der Waals surface area (Å²) in [5.41, 5.74) is 6.46. The molecule has 80 valence electrons. The number of nitrogens with zero attached hydrogens (tertiary/aromatic N) is 1. The Hall–Kier alpha value is -1.42. The van der Waals surface area contributed by atoms with Crippen LogP contribution in [0.25, 0.3) is 0 Å². The Morgan fingerprint density at radius 1 is 1.60 bits per heavy atom. The Labute approximate surface area is 88.9 Å². The van der Waals surface area contributed by atoms with Gasteiger partial charge in [-0.25, -0.2) is 4.98 Å². The fourth-order valence-electron chi connectivity index (χ4n) is 1.44. The summed E-state index contributed by atoms with van der Waals surface area (Å²) < 4.78 is 0. The van der Waals surface area contributed by atoms with Crippen LogP contribution in [0.5, 0.6) is 0 Å². The number of pyridine rings is 1. The van der Waals surface area contributed by atoms with Crippen molar-refractivity contribution in [2.45, 2.75) is 25.3 Å². The van der Waals surface area contributed by atoms with Gasteiger partial charge in [0.1, 0.15) is 5.82 Å². The molecule has 0 amide bonds. The van der Waals surface area contributed by atoms with Crippen LogP contribution in [0.2, 0.25) is 0 Å². The minimum absolute atomic E-state index is 0.201. The van der Waals surface area contributed by atoms with Crippen molar-refractivity contribution < 1.29 is 4.79 Å². The van der Waals surface area contributed by atoms with Gasteiger partial charge in [0.25, 0.3) is 0 Å². The van der Waals surface area contributed by atoms with Crippen LogP contribution in [0.3, 0.4) is 0 Å². The van der Waals surface area contributed by atoms with E-state index in [0.717, 1.165) is 5.56 Å². The lowest BCUT2D eigenvalue weighted by Gasteiger charge is -2.02. The first-order valence-corrected chi connectivity index (χ1v) is 5.19. The zero-order chi connectivity index (χ0) is 10.7. The second-order valence-corrected chi connectivity index (χ2v) is 3.96. The van der Waals surface area contributed by atoms with Crippen molar-refractivity contribution in [2.24, 2.45) is 0 Å². The molecule has 0 aliphatic heterocycles. The van der Waals surface area contributed by atoms with Crippen molar-refractivity contribution in [1.82, 2.24) is 10.3 Å². The maximum atomic E-state index is 11.5. The van der Waals surface area contributed by atoms with E-state index in [4.69, 9.17) is 5.73 Å². The molecule has 0 saturated heterocycles. The van der Waals surface area contributed by atoms with E-state index in [1.54, 1.807) is 12.3 Å². The van der Waals surface area contributed by atoms with Crippen molar-refractivity contribution in [3.63, 3.8) is 0 Å². The van der Waals surface area contributed by atoms with Crippen LogP contribution < -0.4 is 11.1 Å². The molecule has 3 N–H and O–H groups in total. The molecule has 4 heteroatoms. The average molecular weight is 205 g/mol. The summed E-state index contributed by atoms with van der Waals surface area (Å²) in [5, 5.41) is 3.19. The van der Waals surface area contributed by atoms with Crippen molar-refractivity contribution in [2.75, 3.05) is 12.3 Å². The third-order valence-electron chi connectivity index (χ3n) is 2.41. The molecule has 15 heavy (non-hydrogen) atoms. The maximum absolute atomic E-state index is 11.5. The normalized spacial score (nSPS) is 15.2. The van der Waals surface area contributed by atoms with Crippen LogP contribution in [-0.2, 0) is 11.2 Å². The number of nitrogen functional groups attached to an aromatic ring is 1. The van der Waals surface area contributed by atoms with Crippen LogP contribution in [0, 0.1) is 0 Å². The van der Waals surface area contributed by atoms with Gasteiger partial charge >= 0.3 is 0 Å². The fourth-order valence-corrected chi connectivity index (χ4v) is 1.44. The summed E-state index contributed by atoms with van der Waals surface area (Å²) in [6.07, 6.45) is 4.48. The van der Waals surface area contributed by atoms with E-state index in [2.05, 4.69) is 10.3 Å². The molecule has 4 nitrogen and oxygen atoms in total. The lowest BCUT2D eigenvalue weighted by molar-refractivity contribution is -0.117. The summed E-state index contributed by atoms with van der Waals surface area (Å²) in [6, 6.07) is 4.15. The maximum Gasteiger partial charge on any atom is 0.150 e. The monoisotopic (exact) mass is 205 g/mol. The summed E-state index contributed by atoms with van der Waals surface area (Å²) in [5.74, 6) is 0.669. The standard InChI is InChI=1S/C11H15N3O/c12-11-6-8(3-4-13-11)5-10(15)7-14-9-1-2-9/h3-4,6,9,14H,1-2,5,7H2,(H2,12,13). The minimum Gasteiger partial charge on any atom is -0.384 e. The molecular formula is C11H15N3O. The van der Waals surface area contributed by atoms with Crippen molar-refractivity contribution in [3.05, 3.63) is 23.9 Å². The highest BCUT2D eigenvalue weighted by Gasteiger charge is 2.21. The van der Waals surface area contributed by atoms with Crippen LogP contribution in [0.1, 0.15) is 18.4 Å². The topological polar surface area (TPSA) is 68.0 Å². The Balaban J connectivity index is 1.81. The second kappa shape index (κ2) is 4.40. The Bertz CT molecular complexity index is 361. The van der Waals surface area contributed by atoms with Gasteiger partial charge in [-0.05, 0) is 30.5 Å². The molecule has 1 saturated carbocycles. The average Bonchev–Trinajstić information content (AvgIpc) is 2.98. The van der Waals surface area contributed by atoms with E-state index in [9.17, 15) is 4.79 Å². The van der Waals surface area contributed by atoms with Crippen LogP contribution in [0.4, 0.5) is 5.82 Å². The number of Topliss-reactive ketones (excluding diaryl/α,β-unsaturated/α-hetero) is 1. The molecule has 0 atom stereocenters. The highest BCUT2D eigenvalue weighted by molar-refractivity contribution is 5.82. The van der Waals surface area contributed by atoms with E-state index in [0.29, 0.717) is 24.8 Å². The highest BCUT2D eigenvalue weighted by atomic mass is 16.1. The largest absolute Gasteiger partial charge is 0.384 e. The Kier molecular flexibility index (Phi) is 2.97. The number of nitrogens with one attached hydrogen (secondary N) is 1.